The fourth-order valence-corrected chi connectivity index (χ4v) is 2.31. The number of thioether (sulfide) groups is 1. The van der Waals surface area contributed by atoms with Crippen molar-refractivity contribution in [3.8, 4) is 11.5 Å². The predicted octanol–water partition coefficient (Wildman–Crippen LogP) is 1.13. The van der Waals surface area contributed by atoms with Crippen LogP contribution in [0.25, 0.3) is 11.5 Å². The number of aryl methyl sites for hydroxylation is 2. The Balaban J connectivity index is 2.40. The summed E-state index contributed by atoms with van der Waals surface area (Å²) in [5.74, 6) is 1.34. The number of hydrogen-bond acceptors (Lipinski definition) is 5. The molecule has 19 heavy (non-hydrogen) atoms. The van der Waals surface area contributed by atoms with Crippen LogP contribution in [0.4, 0.5) is 0 Å². The second kappa shape index (κ2) is 5.87. The van der Waals surface area contributed by atoms with Crippen LogP contribution in [0.3, 0.4) is 0 Å². The number of carboxylic acid groups (broad SMARTS) is 1. The lowest BCUT2D eigenvalue weighted by Gasteiger charge is -2.06. The highest BCUT2D eigenvalue weighted by molar-refractivity contribution is 7.99. The first kappa shape index (κ1) is 13.6. The molecule has 0 aromatic carbocycles. The number of hydrogen-bond donors (Lipinski definition) is 1. The molecule has 0 aliphatic rings. The van der Waals surface area contributed by atoms with Crippen molar-refractivity contribution in [2.24, 2.45) is 7.05 Å². The highest BCUT2D eigenvalue weighted by Gasteiger charge is 2.23. The van der Waals surface area contributed by atoms with Gasteiger partial charge in [0.25, 0.3) is 0 Å². The van der Waals surface area contributed by atoms with Crippen molar-refractivity contribution in [2.45, 2.75) is 13.5 Å². The molecule has 2 aromatic rings. The Morgan fingerprint density at radius 2 is 2.32 bits per heavy atom. The van der Waals surface area contributed by atoms with Gasteiger partial charge in [0.2, 0.25) is 5.69 Å². The molecular weight excluding hydrogens is 266 g/mol. The molecule has 0 aliphatic heterocycles. The number of aromatic nitrogens is 5. The minimum atomic E-state index is -1.09. The summed E-state index contributed by atoms with van der Waals surface area (Å²) in [4.78, 5) is 15.4. The van der Waals surface area contributed by atoms with Gasteiger partial charge in [-0.2, -0.15) is 11.8 Å². The van der Waals surface area contributed by atoms with E-state index in [9.17, 15) is 9.90 Å². The molecule has 0 bridgehead atoms. The molecule has 0 saturated carbocycles. The third-order valence-electron chi connectivity index (χ3n) is 2.62. The molecule has 0 spiro atoms. The molecule has 0 unspecified atom stereocenters. The molecule has 2 aromatic heterocycles. The van der Waals surface area contributed by atoms with Crippen LogP contribution >= 0.6 is 11.8 Å². The van der Waals surface area contributed by atoms with Gasteiger partial charge in [-0.05, 0) is 5.75 Å². The van der Waals surface area contributed by atoms with Crippen molar-refractivity contribution in [1.29, 1.82) is 0 Å². The van der Waals surface area contributed by atoms with Gasteiger partial charge in [0.05, 0.1) is 6.54 Å². The molecule has 0 fully saturated rings. The maximum Gasteiger partial charge on any atom is 0.358 e. The molecule has 2 rings (SSSR count). The standard InChI is InChI=1S/C11H15N5O2S/c1-3-19-7-6-16-9(8(11(17)18)13-14-16)10-12-4-5-15(10)2/h4-5H,3,6-7H2,1-2H3,(H,17,18). The van der Waals surface area contributed by atoms with E-state index in [4.69, 9.17) is 0 Å². The van der Waals surface area contributed by atoms with E-state index in [1.54, 1.807) is 33.4 Å². The molecular formula is C11H15N5O2S. The van der Waals surface area contributed by atoms with Crippen LogP contribution in [0.5, 0.6) is 0 Å². The van der Waals surface area contributed by atoms with Crippen LogP contribution in [0, 0.1) is 0 Å². The lowest BCUT2D eigenvalue weighted by Crippen LogP contribution is -2.09. The molecule has 0 radical (unpaired) electrons. The zero-order chi connectivity index (χ0) is 13.8. The van der Waals surface area contributed by atoms with E-state index in [2.05, 4.69) is 22.2 Å². The number of carbonyl (C=O) groups is 1. The van der Waals surface area contributed by atoms with Crippen LogP contribution < -0.4 is 0 Å². The quantitative estimate of drug-likeness (QED) is 0.799. The smallest absolute Gasteiger partial charge is 0.358 e. The van der Waals surface area contributed by atoms with Crippen molar-refractivity contribution in [1.82, 2.24) is 24.5 Å². The second-order valence-corrected chi connectivity index (χ2v) is 5.27. The van der Waals surface area contributed by atoms with E-state index in [1.165, 1.54) is 0 Å². The van der Waals surface area contributed by atoms with Crippen LogP contribution in [0.15, 0.2) is 12.4 Å². The Hall–Kier alpha value is -1.83. The first-order valence-electron chi connectivity index (χ1n) is 5.87. The number of carboxylic acids is 1. The van der Waals surface area contributed by atoms with Crippen LogP contribution in [0.1, 0.15) is 17.4 Å². The summed E-state index contributed by atoms with van der Waals surface area (Å²) in [6.45, 7) is 2.69. The van der Waals surface area contributed by atoms with Gasteiger partial charge in [0.1, 0.15) is 5.69 Å². The average molecular weight is 281 g/mol. The zero-order valence-electron chi connectivity index (χ0n) is 10.8. The number of aromatic carboxylic acids is 1. The predicted molar refractivity (Wildman–Crippen MR) is 72.2 cm³/mol. The zero-order valence-corrected chi connectivity index (χ0v) is 11.6. The largest absolute Gasteiger partial charge is 0.476 e. The highest BCUT2D eigenvalue weighted by Crippen LogP contribution is 2.20. The minimum Gasteiger partial charge on any atom is -0.476 e. The Kier molecular flexibility index (Phi) is 4.20. The minimum absolute atomic E-state index is 0.0594. The fraction of sp³-hybridized carbons (Fsp3) is 0.455. The van der Waals surface area contributed by atoms with Crippen molar-refractivity contribution in [3.05, 3.63) is 18.1 Å². The number of nitrogens with zero attached hydrogens (tertiary/aromatic N) is 5. The third kappa shape index (κ3) is 2.78. The lowest BCUT2D eigenvalue weighted by atomic mass is 10.3. The summed E-state index contributed by atoms with van der Waals surface area (Å²) in [6.07, 6.45) is 3.39. The molecule has 102 valence electrons. The molecule has 0 aliphatic carbocycles. The third-order valence-corrected chi connectivity index (χ3v) is 3.50. The lowest BCUT2D eigenvalue weighted by molar-refractivity contribution is 0.0691. The van der Waals surface area contributed by atoms with Crippen LogP contribution in [-0.4, -0.2) is 47.1 Å². The Labute approximate surface area is 114 Å². The average Bonchev–Trinajstić information content (AvgIpc) is 2.95. The van der Waals surface area contributed by atoms with Gasteiger partial charge < -0.3 is 9.67 Å². The SMILES string of the molecule is CCSCCn1nnc(C(=O)O)c1-c1nccn1C. The summed E-state index contributed by atoms with van der Waals surface area (Å²) in [5, 5.41) is 16.8. The topological polar surface area (TPSA) is 85.8 Å². The fourth-order valence-electron chi connectivity index (χ4n) is 1.72. The molecule has 2 heterocycles. The first-order valence-corrected chi connectivity index (χ1v) is 7.02. The molecule has 7 nitrogen and oxygen atoms in total. The van der Waals surface area contributed by atoms with E-state index in [-0.39, 0.29) is 5.69 Å². The normalized spacial score (nSPS) is 10.8. The summed E-state index contributed by atoms with van der Waals surface area (Å²) < 4.78 is 3.36. The monoisotopic (exact) mass is 281 g/mol. The second-order valence-electron chi connectivity index (χ2n) is 3.87. The summed E-state index contributed by atoms with van der Waals surface area (Å²) in [6, 6.07) is 0. The Morgan fingerprint density at radius 3 is 2.89 bits per heavy atom. The molecule has 8 heteroatoms. The van der Waals surface area contributed by atoms with Gasteiger partial charge in [-0.3, -0.25) is 0 Å². The molecule has 1 N–H and O–H groups in total. The molecule has 0 amide bonds. The van der Waals surface area contributed by atoms with Gasteiger partial charge in [0.15, 0.2) is 5.82 Å². The van der Waals surface area contributed by atoms with E-state index in [1.807, 2.05) is 7.05 Å². The van der Waals surface area contributed by atoms with Gasteiger partial charge in [-0.25, -0.2) is 14.5 Å². The van der Waals surface area contributed by atoms with Crippen molar-refractivity contribution in [3.63, 3.8) is 0 Å². The Morgan fingerprint density at radius 1 is 1.53 bits per heavy atom. The van der Waals surface area contributed by atoms with Gasteiger partial charge in [-0.1, -0.05) is 12.1 Å². The number of imidazole rings is 1. The summed E-state index contributed by atoms with van der Waals surface area (Å²) >= 11 is 1.77. The summed E-state index contributed by atoms with van der Waals surface area (Å²) in [7, 11) is 1.81. The van der Waals surface area contributed by atoms with Crippen molar-refractivity contribution >= 4 is 17.7 Å². The first-order chi connectivity index (χ1) is 9.15. The van der Waals surface area contributed by atoms with Crippen LogP contribution in [-0.2, 0) is 13.6 Å². The maximum atomic E-state index is 11.2. The van der Waals surface area contributed by atoms with E-state index in [0.717, 1.165) is 11.5 Å². The van der Waals surface area contributed by atoms with Gasteiger partial charge >= 0.3 is 5.97 Å². The van der Waals surface area contributed by atoms with E-state index < -0.39 is 5.97 Å². The Bertz CT molecular complexity index is 577. The maximum absolute atomic E-state index is 11.2. The van der Waals surface area contributed by atoms with E-state index in [0.29, 0.717) is 18.1 Å². The van der Waals surface area contributed by atoms with Gasteiger partial charge in [-0.15, -0.1) is 5.10 Å². The molecule has 0 saturated heterocycles. The van der Waals surface area contributed by atoms with E-state index >= 15 is 0 Å². The van der Waals surface area contributed by atoms with Crippen molar-refractivity contribution in [2.75, 3.05) is 11.5 Å². The highest BCUT2D eigenvalue weighted by atomic mass is 32.2. The number of rotatable bonds is 6. The molecule has 0 atom stereocenters. The van der Waals surface area contributed by atoms with Gasteiger partial charge in [0, 0.05) is 25.2 Å². The van der Waals surface area contributed by atoms with Crippen LogP contribution in [0.2, 0.25) is 0 Å². The summed E-state index contributed by atoms with van der Waals surface area (Å²) in [5.41, 5.74) is 0.396. The van der Waals surface area contributed by atoms with Crippen molar-refractivity contribution < 1.29 is 9.90 Å².